The lowest BCUT2D eigenvalue weighted by atomic mass is 9.99. The van der Waals surface area contributed by atoms with Gasteiger partial charge in [0.2, 0.25) is 0 Å². The summed E-state index contributed by atoms with van der Waals surface area (Å²) >= 11 is 6.23. The van der Waals surface area contributed by atoms with E-state index in [0.29, 0.717) is 10.9 Å². The topological polar surface area (TPSA) is 21.3 Å². The van der Waals surface area contributed by atoms with Crippen molar-refractivity contribution in [2.45, 2.75) is 32.7 Å². The summed E-state index contributed by atoms with van der Waals surface area (Å²) in [6.07, 6.45) is 0. The average Bonchev–Trinajstić information content (AvgIpc) is 2.49. The fourth-order valence-corrected chi connectivity index (χ4v) is 2.40. The summed E-state index contributed by atoms with van der Waals surface area (Å²) in [5.74, 6) is 1.35. The van der Waals surface area contributed by atoms with Crippen LogP contribution in [0.1, 0.15) is 43.9 Å². The van der Waals surface area contributed by atoms with Crippen molar-refractivity contribution >= 4 is 17.3 Å². The zero-order valence-electron chi connectivity index (χ0n) is 13.0. The molecule has 0 fully saturated rings. The van der Waals surface area contributed by atoms with Gasteiger partial charge < -0.3 is 10.1 Å². The SMILES string of the molecule is COc1ccc(Cl)c(NC(C)c2ccc(C(C)C)cc2)c1. The van der Waals surface area contributed by atoms with Gasteiger partial charge in [0.1, 0.15) is 5.75 Å². The third-order valence-corrected chi connectivity index (χ3v) is 3.98. The number of hydrogen-bond donors (Lipinski definition) is 1. The van der Waals surface area contributed by atoms with Gasteiger partial charge in [-0.25, -0.2) is 0 Å². The van der Waals surface area contributed by atoms with Crippen LogP contribution in [-0.4, -0.2) is 7.11 Å². The van der Waals surface area contributed by atoms with Crippen LogP contribution in [0.2, 0.25) is 5.02 Å². The molecule has 2 rings (SSSR count). The Labute approximate surface area is 132 Å². The molecule has 0 aliphatic carbocycles. The summed E-state index contributed by atoms with van der Waals surface area (Å²) in [6.45, 7) is 6.53. The van der Waals surface area contributed by atoms with E-state index in [-0.39, 0.29) is 6.04 Å². The minimum Gasteiger partial charge on any atom is -0.497 e. The van der Waals surface area contributed by atoms with Crippen LogP contribution >= 0.6 is 11.6 Å². The van der Waals surface area contributed by atoms with Crippen molar-refractivity contribution in [3.05, 3.63) is 58.6 Å². The smallest absolute Gasteiger partial charge is 0.121 e. The van der Waals surface area contributed by atoms with Gasteiger partial charge in [0, 0.05) is 12.1 Å². The Bertz CT molecular complexity index is 593. The van der Waals surface area contributed by atoms with Crippen LogP contribution in [0.5, 0.6) is 5.75 Å². The summed E-state index contributed by atoms with van der Waals surface area (Å²) in [5.41, 5.74) is 3.47. The number of methoxy groups -OCH3 is 1. The van der Waals surface area contributed by atoms with E-state index in [1.807, 2.05) is 18.2 Å². The third kappa shape index (κ3) is 3.92. The number of nitrogens with one attached hydrogen (secondary N) is 1. The fourth-order valence-electron chi connectivity index (χ4n) is 2.23. The van der Waals surface area contributed by atoms with Crippen LogP contribution in [0.25, 0.3) is 0 Å². The van der Waals surface area contributed by atoms with Crippen molar-refractivity contribution in [3.63, 3.8) is 0 Å². The molecule has 1 atom stereocenters. The maximum atomic E-state index is 6.23. The Hall–Kier alpha value is -1.67. The Morgan fingerprint density at radius 1 is 0.952 bits per heavy atom. The monoisotopic (exact) mass is 303 g/mol. The normalized spacial score (nSPS) is 12.3. The zero-order valence-corrected chi connectivity index (χ0v) is 13.7. The molecule has 1 unspecified atom stereocenters. The van der Waals surface area contributed by atoms with Crippen LogP contribution in [0.15, 0.2) is 42.5 Å². The van der Waals surface area contributed by atoms with E-state index < -0.39 is 0 Å². The van der Waals surface area contributed by atoms with Crippen LogP contribution in [0.4, 0.5) is 5.69 Å². The Kier molecular flexibility index (Phi) is 5.13. The molecule has 2 aromatic rings. The standard InChI is InChI=1S/C18H22ClNO/c1-12(2)14-5-7-15(8-6-14)13(3)20-18-11-16(21-4)9-10-17(18)19/h5-13,20H,1-4H3. The number of hydrogen-bond acceptors (Lipinski definition) is 2. The van der Waals surface area contributed by atoms with Crippen molar-refractivity contribution < 1.29 is 4.74 Å². The lowest BCUT2D eigenvalue weighted by Gasteiger charge is -2.18. The molecule has 0 aromatic heterocycles. The number of benzene rings is 2. The zero-order chi connectivity index (χ0) is 15.4. The van der Waals surface area contributed by atoms with Gasteiger partial charge in [-0.2, -0.15) is 0 Å². The molecule has 0 saturated heterocycles. The molecular formula is C18H22ClNO. The van der Waals surface area contributed by atoms with E-state index in [1.54, 1.807) is 7.11 Å². The highest BCUT2D eigenvalue weighted by Crippen LogP contribution is 2.30. The Morgan fingerprint density at radius 3 is 2.14 bits per heavy atom. The minimum absolute atomic E-state index is 0.177. The second kappa shape index (κ2) is 6.86. The van der Waals surface area contributed by atoms with E-state index in [9.17, 15) is 0 Å². The van der Waals surface area contributed by atoms with Gasteiger partial charge in [0.05, 0.1) is 17.8 Å². The summed E-state index contributed by atoms with van der Waals surface area (Å²) in [4.78, 5) is 0. The van der Waals surface area contributed by atoms with Crippen LogP contribution in [0, 0.1) is 0 Å². The van der Waals surface area contributed by atoms with Crippen LogP contribution < -0.4 is 10.1 Å². The third-order valence-electron chi connectivity index (χ3n) is 3.65. The first kappa shape index (κ1) is 15.7. The molecular weight excluding hydrogens is 282 g/mol. The molecule has 2 nitrogen and oxygen atoms in total. The molecule has 0 aliphatic heterocycles. The van der Waals surface area contributed by atoms with E-state index in [2.05, 4.69) is 50.4 Å². The van der Waals surface area contributed by atoms with E-state index in [4.69, 9.17) is 16.3 Å². The lowest BCUT2D eigenvalue weighted by Crippen LogP contribution is -2.07. The number of halogens is 1. The van der Waals surface area contributed by atoms with E-state index in [1.165, 1.54) is 11.1 Å². The van der Waals surface area contributed by atoms with E-state index in [0.717, 1.165) is 11.4 Å². The highest BCUT2D eigenvalue weighted by atomic mass is 35.5. The fraction of sp³-hybridized carbons (Fsp3) is 0.333. The first-order valence-electron chi connectivity index (χ1n) is 7.21. The molecule has 0 saturated carbocycles. The van der Waals surface area contributed by atoms with Gasteiger partial charge in [-0.05, 0) is 36.1 Å². The van der Waals surface area contributed by atoms with Crippen molar-refractivity contribution in [1.82, 2.24) is 0 Å². The first-order valence-corrected chi connectivity index (χ1v) is 7.59. The Balaban J connectivity index is 2.15. The summed E-state index contributed by atoms with van der Waals surface area (Å²) < 4.78 is 5.24. The maximum absolute atomic E-state index is 6.23. The molecule has 21 heavy (non-hydrogen) atoms. The molecule has 2 aromatic carbocycles. The molecule has 0 aliphatic rings. The van der Waals surface area contributed by atoms with Gasteiger partial charge in [0.25, 0.3) is 0 Å². The lowest BCUT2D eigenvalue weighted by molar-refractivity contribution is 0.415. The molecule has 1 N–H and O–H groups in total. The molecule has 0 spiro atoms. The van der Waals surface area contributed by atoms with E-state index >= 15 is 0 Å². The van der Waals surface area contributed by atoms with Gasteiger partial charge in [0.15, 0.2) is 0 Å². The average molecular weight is 304 g/mol. The summed E-state index contributed by atoms with van der Waals surface area (Å²) in [6, 6.07) is 14.5. The predicted octanol–water partition coefficient (Wildman–Crippen LogP) is 5.65. The second-order valence-corrected chi connectivity index (χ2v) is 5.94. The highest BCUT2D eigenvalue weighted by Gasteiger charge is 2.09. The highest BCUT2D eigenvalue weighted by molar-refractivity contribution is 6.33. The molecule has 0 radical (unpaired) electrons. The molecule has 3 heteroatoms. The molecule has 0 heterocycles. The minimum atomic E-state index is 0.177. The van der Waals surface area contributed by atoms with Gasteiger partial charge in [-0.1, -0.05) is 49.7 Å². The maximum Gasteiger partial charge on any atom is 0.121 e. The predicted molar refractivity (Wildman–Crippen MR) is 90.6 cm³/mol. The van der Waals surface area contributed by atoms with Crippen molar-refractivity contribution in [2.75, 3.05) is 12.4 Å². The molecule has 112 valence electrons. The first-order chi connectivity index (χ1) is 10.0. The Morgan fingerprint density at radius 2 is 1.57 bits per heavy atom. The van der Waals surface area contributed by atoms with Crippen LogP contribution in [-0.2, 0) is 0 Å². The van der Waals surface area contributed by atoms with Crippen molar-refractivity contribution in [2.24, 2.45) is 0 Å². The van der Waals surface area contributed by atoms with Crippen molar-refractivity contribution in [1.29, 1.82) is 0 Å². The number of anilines is 1. The molecule has 0 bridgehead atoms. The quantitative estimate of drug-likeness (QED) is 0.771. The van der Waals surface area contributed by atoms with Gasteiger partial charge in [-0.15, -0.1) is 0 Å². The van der Waals surface area contributed by atoms with Gasteiger partial charge >= 0.3 is 0 Å². The number of rotatable bonds is 5. The van der Waals surface area contributed by atoms with Crippen molar-refractivity contribution in [3.8, 4) is 5.75 Å². The molecule has 0 amide bonds. The van der Waals surface area contributed by atoms with Gasteiger partial charge in [-0.3, -0.25) is 0 Å². The number of ether oxygens (including phenoxy) is 1. The summed E-state index contributed by atoms with van der Waals surface area (Å²) in [7, 11) is 1.65. The van der Waals surface area contributed by atoms with Crippen LogP contribution in [0.3, 0.4) is 0 Å². The largest absolute Gasteiger partial charge is 0.497 e. The second-order valence-electron chi connectivity index (χ2n) is 5.53. The summed E-state index contributed by atoms with van der Waals surface area (Å²) in [5, 5.41) is 4.13.